The van der Waals surface area contributed by atoms with Crippen molar-refractivity contribution in [3.8, 4) is 5.75 Å². The van der Waals surface area contributed by atoms with Gasteiger partial charge in [0, 0.05) is 38.5 Å². The number of fused-ring (bicyclic) bond motifs is 5. The quantitative estimate of drug-likeness (QED) is 0.816. The van der Waals surface area contributed by atoms with E-state index in [0.29, 0.717) is 36.6 Å². The molecule has 5 rings (SSSR count). The van der Waals surface area contributed by atoms with Gasteiger partial charge in [0.1, 0.15) is 5.75 Å². The first kappa shape index (κ1) is 16.2. The van der Waals surface area contributed by atoms with E-state index in [0.717, 1.165) is 56.8 Å². The highest BCUT2D eigenvalue weighted by molar-refractivity contribution is 5.80. The number of ether oxygens (including phenoxy) is 1. The van der Waals surface area contributed by atoms with Crippen molar-refractivity contribution in [3.05, 3.63) is 29.3 Å². The average Bonchev–Trinajstić information content (AvgIpc) is 3.10. The minimum Gasteiger partial charge on any atom is -0.493 e. The molecule has 4 heterocycles. The number of amides is 2. The second-order valence-electron chi connectivity index (χ2n) is 8.38. The Morgan fingerprint density at radius 1 is 1.19 bits per heavy atom. The number of rotatable bonds is 2. The van der Waals surface area contributed by atoms with E-state index in [4.69, 9.17) is 4.74 Å². The smallest absolute Gasteiger partial charge is 0.227 e. The number of likely N-dealkylation sites (tertiary alicyclic amines) is 1. The summed E-state index contributed by atoms with van der Waals surface area (Å²) in [6, 6.07) is 6.52. The Morgan fingerprint density at radius 3 is 3.04 bits per heavy atom. The zero-order chi connectivity index (χ0) is 17.7. The fourth-order valence-electron chi connectivity index (χ4n) is 5.45. The molecule has 2 amide bonds. The van der Waals surface area contributed by atoms with Crippen molar-refractivity contribution >= 4 is 11.8 Å². The van der Waals surface area contributed by atoms with Crippen LogP contribution in [0.5, 0.6) is 5.75 Å². The molecule has 4 aliphatic heterocycles. The highest BCUT2D eigenvalue weighted by Crippen LogP contribution is 2.38. The van der Waals surface area contributed by atoms with Crippen LogP contribution in [0.3, 0.4) is 0 Å². The Morgan fingerprint density at radius 2 is 2.12 bits per heavy atom. The predicted molar refractivity (Wildman–Crippen MR) is 96.9 cm³/mol. The van der Waals surface area contributed by atoms with Gasteiger partial charge in [-0.2, -0.15) is 0 Å². The van der Waals surface area contributed by atoms with Crippen LogP contribution in [0.25, 0.3) is 0 Å². The fourth-order valence-corrected chi connectivity index (χ4v) is 5.45. The molecule has 0 spiro atoms. The van der Waals surface area contributed by atoms with Gasteiger partial charge in [0.25, 0.3) is 0 Å². The molecule has 2 bridgehead atoms. The van der Waals surface area contributed by atoms with Crippen LogP contribution < -0.4 is 4.74 Å². The Bertz CT molecular complexity index is 747. The molecule has 3 saturated heterocycles. The first-order valence-corrected chi connectivity index (χ1v) is 9.99. The van der Waals surface area contributed by atoms with Crippen molar-refractivity contribution in [3.63, 3.8) is 0 Å². The van der Waals surface area contributed by atoms with Gasteiger partial charge in [-0.25, -0.2) is 0 Å². The van der Waals surface area contributed by atoms with Gasteiger partial charge in [0.2, 0.25) is 11.8 Å². The minimum atomic E-state index is 0.231. The van der Waals surface area contributed by atoms with Crippen LogP contribution in [0.15, 0.2) is 18.2 Å². The maximum absolute atomic E-state index is 12.9. The normalized spacial score (nSPS) is 29.8. The van der Waals surface area contributed by atoms with E-state index in [1.54, 1.807) is 0 Å². The SMILES string of the molecule is O=C(Cc1ccc2c(c1)CCO2)N1CC2CC(C1)C1CCCC(=O)N1C2. The number of hydrogen-bond donors (Lipinski definition) is 0. The summed E-state index contributed by atoms with van der Waals surface area (Å²) in [4.78, 5) is 29.4. The number of hydrogen-bond acceptors (Lipinski definition) is 3. The second-order valence-corrected chi connectivity index (χ2v) is 8.38. The Balaban J connectivity index is 1.28. The van der Waals surface area contributed by atoms with Crippen molar-refractivity contribution in [2.24, 2.45) is 11.8 Å². The molecule has 0 radical (unpaired) electrons. The Kier molecular flexibility index (Phi) is 3.91. The van der Waals surface area contributed by atoms with Crippen LogP contribution in [0.4, 0.5) is 0 Å². The number of carbonyl (C=O) groups excluding carboxylic acids is 2. The Hall–Kier alpha value is -2.04. The van der Waals surface area contributed by atoms with Gasteiger partial charge in [-0.05, 0) is 48.3 Å². The van der Waals surface area contributed by atoms with Crippen molar-refractivity contribution in [1.29, 1.82) is 0 Å². The molecular formula is C21H26N2O3. The van der Waals surface area contributed by atoms with E-state index in [1.165, 1.54) is 12.0 Å². The van der Waals surface area contributed by atoms with Gasteiger partial charge in [-0.3, -0.25) is 9.59 Å². The van der Waals surface area contributed by atoms with Crippen molar-refractivity contribution in [1.82, 2.24) is 9.80 Å². The largest absolute Gasteiger partial charge is 0.493 e. The lowest BCUT2D eigenvalue weighted by Crippen LogP contribution is -2.61. The van der Waals surface area contributed by atoms with Gasteiger partial charge < -0.3 is 14.5 Å². The zero-order valence-electron chi connectivity index (χ0n) is 15.2. The zero-order valence-corrected chi connectivity index (χ0v) is 15.2. The number of benzene rings is 1. The molecule has 138 valence electrons. The van der Waals surface area contributed by atoms with Crippen LogP contribution in [0, 0.1) is 11.8 Å². The molecule has 5 heteroatoms. The van der Waals surface area contributed by atoms with E-state index < -0.39 is 0 Å². The molecular weight excluding hydrogens is 328 g/mol. The van der Waals surface area contributed by atoms with Gasteiger partial charge in [0.15, 0.2) is 0 Å². The lowest BCUT2D eigenvalue weighted by molar-refractivity contribution is -0.148. The highest BCUT2D eigenvalue weighted by Gasteiger charge is 2.44. The van der Waals surface area contributed by atoms with Crippen LogP contribution in [0.1, 0.15) is 36.8 Å². The summed E-state index contributed by atoms with van der Waals surface area (Å²) in [5, 5.41) is 0. The van der Waals surface area contributed by atoms with Crippen LogP contribution in [-0.4, -0.2) is 53.9 Å². The van der Waals surface area contributed by atoms with Gasteiger partial charge in [0.05, 0.1) is 13.0 Å². The molecule has 1 aromatic rings. The van der Waals surface area contributed by atoms with Crippen LogP contribution in [0.2, 0.25) is 0 Å². The third-order valence-electron chi connectivity index (χ3n) is 6.64. The molecule has 0 N–H and O–H groups in total. The standard InChI is InChI=1S/C21H26N2O3/c24-20-3-1-2-18-17-9-15(12-23(18)20)11-22(13-17)21(25)10-14-4-5-19-16(8-14)6-7-26-19/h4-5,8,15,17-18H,1-3,6-7,9-13H2. The molecule has 26 heavy (non-hydrogen) atoms. The topological polar surface area (TPSA) is 49.9 Å². The predicted octanol–water partition coefficient (Wildman–Crippen LogP) is 2.02. The summed E-state index contributed by atoms with van der Waals surface area (Å²) in [6.07, 6.45) is 5.41. The summed E-state index contributed by atoms with van der Waals surface area (Å²) >= 11 is 0. The van der Waals surface area contributed by atoms with E-state index in [-0.39, 0.29) is 5.91 Å². The summed E-state index contributed by atoms with van der Waals surface area (Å²) < 4.78 is 5.56. The second kappa shape index (κ2) is 6.29. The van der Waals surface area contributed by atoms with Crippen LogP contribution in [-0.2, 0) is 22.4 Å². The molecule has 1 aromatic carbocycles. The van der Waals surface area contributed by atoms with Gasteiger partial charge >= 0.3 is 0 Å². The summed E-state index contributed by atoms with van der Waals surface area (Å²) in [5.41, 5.74) is 2.31. The summed E-state index contributed by atoms with van der Waals surface area (Å²) in [6.45, 7) is 3.22. The molecule has 3 fully saturated rings. The van der Waals surface area contributed by atoms with E-state index in [1.807, 2.05) is 12.1 Å². The maximum atomic E-state index is 12.9. The maximum Gasteiger partial charge on any atom is 0.227 e. The van der Waals surface area contributed by atoms with E-state index in [2.05, 4.69) is 15.9 Å². The third-order valence-corrected chi connectivity index (χ3v) is 6.64. The van der Waals surface area contributed by atoms with Gasteiger partial charge in [-0.1, -0.05) is 12.1 Å². The van der Waals surface area contributed by atoms with Crippen molar-refractivity contribution in [2.45, 2.75) is 44.6 Å². The third kappa shape index (κ3) is 2.78. The monoisotopic (exact) mass is 354 g/mol. The first-order chi connectivity index (χ1) is 12.7. The number of piperidine rings is 3. The summed E-state index contributed by atoms with van der Waals surface area (Å²) in [5.74, 6) is 2.44. The average molecular weight is 354 g/mol. The minimum absolute atomic E-state index is 0.231. The Labute approximate surface area is 154 Å². The fraction of sp³-hybridized carbons (Fsp3) is 0.619. The molecule has 3 atom stereocenters. The molecule has 0 aromatic heterocycles. The molecule has 5 nitrogen and oxygen atoms in total. The lowest BCUT2D eigenvalue weighted by Gasteiger charge is -2.52. The summed E-state index contributed by atoms with van der Waals surface area (Å²) in [7, 11) is 0. The van der Waals surface area contributed by atoms with Crippen molar-refractivity contribution < 1.29 is 14.3 Å². The van der Waals surface area contributed by atoms with Crippen molar-refractivity contribution in [2.75, 3.05) is 26.2 Å². The molecule has 0 saturated carbocycles. The van der Waals surface area contributed by atoms with Crippen LogP contribution >= 0.6 is 0 Å². The van der Waals surface area contributed by atoms with E-state index >= 15 is 0 Å². The van der Waals surface area contributed by atoms with E-state index in [9.17, 15) is 9.59 Å². The number of carbonyl (C=O) groups is 2. The number of nitrogens with zero attached hydrogens (tertiary/aromatic N) is 2. The first-order valence-electron chi connectivity index (χ1n) is 9.99. The van der Waals surface area contributed by atoms with Gasteiger partial charge in [-0.15, -0.1) is 0 Å². The molecule has 0 aliphatic carbocycles. The molecule has 3 unspecified atom stereocenters. The molecule has 4 aliphatic rings. The highest BCUT2D eigenvalue weighted by atomic mass is 16.5. The lowest BCUT2D eigenvalue weighted by atomic mass is 9.76.